The average molecular weight is 399 g/mol. The minimum atomic E-state index is -0.290. The molecule has 0 bridgehead atoms. The monoisotopic (exact) mass is 399 g/mol. The van der Waals surface area contributed by atoms with Crippen molar-refractivity contribution in [3.63, 3.8) is 0 Å². The van der Waals surface area contributed by atoms with Crippen LogP contribution >= 0.6 is 0 Å². The molecule has 9 nitrogen and oxygen atoms in total. The Hall–Kier alpha value is -3.10. The first-order valence-electron chi connectivity index (χ1n) is 10.0. The van der Waals surface area contributed by atoms with E-state index in [1.54, 1.807) is 17.2 Å². The van der Waals surface area contributed by atoms with E-state index < -0.39 is 0 Å². The second-order valence-electron chi connectivity index (χ2n) is 7.49. The molecule has 154 valence electrons. The predicted molar refractivity (Wildman–Crippen MR) is 106 cm³/mol. The number of fused-ring (bicyclic) bond motifs is 3. The second kappa shape index (κ2) is 7.73. The number of carbonyl (C=O) groups excluding carboxylic acids is 2. The summed E-state index contributed by atoms with van der Waals surface area (Å²) in [5.74, 6) is 0.388. The lowest BCUT2D eigenvalue weighted by Gasteiger charge is -2.30. The van der Waals surface area contributed by atoms with Crippen LogP contribution in [0.25, 0.3) is 16.6 Å². The van der Waals surface area contributed by atoms with Crippen molar-refractivity contribution in [1.82, 2.24) is 19.1 Å². The quantitative estimate of drug-likeness (QED) is 0.671. The lowest BCUT2D eigenvalue weighted by atomic mass is 9.96. The molecule has 2 N–H and O–H groups in total. The average Bonchev–Trinajstić information content (AvgIpc) is 3.31. The maximum Gasteiger partial charge on any atom is 0.291 e. The number of aryl methyl sites for hydroxylation is 2. The van der Waals surface area contributed by atoms with Gasteiger partial charge in [-0.25, -0.2) is 4.68 Å². The van der Waals surface area contributed by atoms with Crippen LogP contribution in [0.15, 0.2) is 27.6 Å². The maximum absolute atomic E-state index is 12.8. The second-order valence-corrected chi connectivity index (χ2v) is 7.49. The normalized spacial score (nSPS) is 15.4. The maximum atomic E-state index is 12.8. The number of primary amides is 1. The first-order chi connectivity index (χ1) is 14.0. The molecule has 0 atom stereocenters. The number of piperidine rings is 1. The van der Waals surface area contributed by atoms with Gasteiger partial charge in [0.25, 0.3) is 5.56 Å². The van der Waals surface area contributed by atoms with Crippen molar-refractivity contribution >= 4 is 28.4 Å². The van der Waals surface area contributed by atoms with Crippen LogP contribution < -0.4 is 11.3 Å². The summed E-state index contributed by atoms with van der Waals surface area (Å²) < 4.78 is 8.71. The third-order valence-corrected chi connectivity index (χ3v) is 5.70. The van der Waals surface area contributed by atoms with Crippen molar-refractivity contribution < 1.29 is 14.0 Å². The van der Waals surface area contributed by atoms with Crippen molar-refractivity contribution in [2.45, 2.75) is 45.6 Å². The molecule has 0 aliphatic carbocycles. The molecule has 4 heterocycles. The lowest BCUT2D eigenvalue weighted by molar-refractivity contribution is -0.135. The fourth-order valence-electron chi connectivity index (χ4n) is 4.05. The Morgan fingerprint density at radius 1 is 1.28 bits per heavy atom. The molecule has 1 fully saturated rings. The number of furan rings is 1. The molecule has 0 unspecified atom stereocenters. The van der Waals surface area contributed by atoms with Gasteiger partial charge < -0.3 is 15.1 Å². The Balaban J connectivity index is 1.43. The molecule has 3 aromatic heterocycles. The Morgan fingerprint density at radius 2 is 2.03 bits per heavy atom. The molecule has 4 rings (SSSR count). The molecule has 1 saturated heterocycles. The minimum Gasteiger partial charge on any atom is -0.463 e. The van der Waals surface area contributed by atoms with E-state index in [0.29, 0.717) is 62.8 Å². The molecule has 0 radical (unpaired) electrons. The summed E-state index contributed by atoms with van der Waals surface area (Å²) in [7, 11) is 0. The number of amides is 2. The van der Waals surface area contributed by atoms with Gasteiger partial charge in [0.2, 0.25) is 11.8 Å². The molecule has 1 aliphatic rings. The summed E-state index contributed by atoms with van der Waals surface area (Å²) in [4.78, 5) is 38.3. The molecule has 1 aliphatic heterocycles. The van der Waals surface area contributed by atoms with Gasteiger partial charge in [-0.1, -0.05) is 6.92 Å². The van der Waals surface area contributed by atoms with Gasteiger partial charge in [0.1, 0.15) is 11.3 Å². The summed E-state index contributed by atoms with van der Waals surface area (Å²) in [5, 5.41) is 4.51. The molecule has 0 spiro atoms. The Bertz CT molecular complexity index is 1120. The lowest BCUT2D eigenvalue weighted by Crippen LogP contribution is -2.41. The van der Waals surface area contributed by atoms with E-state index in [-0.39, 0.29) is 23.3 Å². The van der Waals surface area contributed by atoms with E-state index in [4.69, 9.17) is 10.2 Å². The number of hydrogen-bond donors (Lipinski definition) is 1. The molecular weight excluding hydrogens is 374 g/mol. The zero-order valence-electron chi connectivity index (χ0n) is 16.5. The first kappa shape index (κ1) is 19.2. The largest absolute Gasteiger partial charge is 0.463 e. The van der Waals surface area contributed by atoms with E-state index in [1.807, 2.05) is 17.4 Å². The highest BCUT2D eigenvalue weighted by Crippen LogP contribution is 2.21. The summed E-state index contributed by atoms with van der Waals surface area (Å²) in [6, 6.07) is 3.57. The Morgan fingerprint density at radius 3 is 2.72 bits per heavy atom. The molecule has 3 aromatic rings. The summed E-state index contributed by atoms with van der Waals surface area (Å²) in [6.45, 7) is 3.47. The van der Waals surface area contributed by atoms with Gasteiger partial charge in [0.05, 0.1) is 11.8 Å². The summed E-state index contributed by atoms with van der Waals surface area (Å²) in [6.07, 6.45) is 4.37. The minimum absolute atomic E-state index is 0.0398. The van der Waals surface area contributed by atoms with E-state index in [0.717, 1.165) is 11.3 Å². The van der Waals surface area contributed by atoms with Gasteiger partial charge >= 0.3 is 0 Å². The van der Waals surface area contributed by atoms with Crippen LogP contribution in [0.5, 0.6) is 0 Å². The van der Waals surface area contributed by atoms with Gasteiger partial charge in [-0.15, -0.1) is 0 Å². The highest BCUT2D eigenvalue weighted by Gasteiger charge is 2.25. The van der Waals surface area contributed by atoms with Gasteiger partial charge in [0.15, 0.2) is 5.58 Å². The van der Waals surface area contributed by atoms with Crippen LogP contribution in [0.3, 0.4) is 0 Å². The van der Waals surface area contributed by atoms with Crippen molar-refractivity contribution in [2.75, 3.05) is 13.1 Å². The van der Waals surface area contributed by atoms with Crippen molar-refractivity contribution in [3.8, 4) is 0 Å². The van der Waals surface area contributed by atoms with Crippen LogP contribution in [-0.4, -0.2) is 44.0 Å². The first-order valence-corrected chi connectivity index (χ1v) is 10.0. The standard InChI is InChI=1S/C20H25N5O4/c1-2-17-22-24(20(28)15-12-16-14(25(15)17)7-11-29-16)8-3-4-18(26)23-9-5-13(6-10-23)19(21)27/h7,11-13H,2-6,8-10H2,1H3,(H2,21,27). The van der Waals surface area contributed by atoms with E-state index in [1.165, 1.54) is 4.68 Å². The van der Waals surface area contributed by atoms with Gasteiger partial charge in [-0.2, -0.15) is 5.10 Å². The van der Waals surface area contributed by atoms with Crippen LogP contribution in [0.2, 0.25) is 0 Å². The van der Waals surface area contributed by atoms with E-state index in [2.05, 4.69) is 5.10 Å². The number of aromatic nitrogens is 3. The Labute approximate surface area is 167 Å². The van der Waals surface area contributed by atoms with Crippen molar-refractivity contribution in [1.29, 1.82) is 0 Å². The number of carbonyl (C=O) groups is 2. The van der Waals surface area contributed by atoms with Gasteiger partial charge in [-0.3, -0.25) is 18.8 Å². The zero-order chi connectivity index (χ0) is 20.5. The smallest absolute Gasteiger partial charge is 0.291 e. The summed E-state index contributed by atoms with van der Waals surface area (Å²) in [5.41, 5.74) is 7.18. The zero-order valence-corrected chi connectivity index (χ0v) is 16.5. The van der Waals surface area contributed by atoms with Crippen molar-refractivity contribution in [3.05, 3.63) is 34.6 Å². The van der Waals surface area contributed by atoms with Crippen LogP contribution in [0, 0.1) is 5.92 Å². The van der Waals surface area contributed by atoms with E-state index in [9.17, 15) is 14.4 Å². The Kier molecular flexibility index (Phi) is 5.12. The number of nitrogens with zero attached hydrogens (tertiary/aromatic N) is 4. The molecule has 0 saturated carbocycles. The number of rotatable bonds is 6. The molecule has 9 heteroatoms. The topological polar surface area (TPSA) is 116 Å². The number of nitrogens with two attached hydrogens (primary N) is 1. The van der Waals surface area contributed by atoms with Gasteiger partial charge in [-0.05, 0) is 19.3 Å². The highest BCUT2D eigenvalue weighted by molar-refractivity contribution is 5.82. The van der Waals surface area contributed by atoms with Crippen LogP contribution in [0.4, 0.5) is 0 Å². The third-order valence-electron chi connectivity index (χ3n) is 5.70. The number of hydrogen-bond acceptors (Lipinski definition) is 5. The molecular formula is C20H25N5O4. The third kappa shape index (κ3) is 3.52. The highest BCUT2D eigenvalue weighted by atomic mass is 16.3. The fraction of sp³-hybridized carbons (Fsp3) is 0.500. The van der Waals surface area contributed by atoms with Crippen LogP contribution in [-0.2, 0) is 22.6 Å². The number of likely N-dealkylation sites (tertiary alicyclic amines) is 1. The van der Waals surface area contributed by atoms with E-state index >= 15 is 0 Å². The van der Waals surface area contributed by atoms with Crippen molar-refractivity contribution in [2.24, 2.45) is 11.7 Å². The molecule has 2 amide bonds. The molecule has 29 heavy (non-hydrogen) atoms. The summed E-state index contributed by atoms with van der Waals surface area (Å²) >= 11 is 0. The van der Waals surface area contributed by atoms with Crippen LogP contribution in [0.1, 0.15) is 38.4 Å². The predicted octanol–water partition coefficient (Wildman–Crippen LogP) is 1.31. The van der Waals surface area contributed by atoms with Gasteiger partial charge in [0, 0.05) is 50.5 Å². The SMILES string of the molecule is CCc1nn(CCCC(=O)N2CCC(C(N)=O)CC2)c(=O)c2cc3occc3n12. The fourth-order valence-corrected chi connectivity index (χ4v) is 4.05. The molecule has 0 aromatic carbocycles.